The predicted molar refractivity (Wildman–Crippen MR) is 107 cm³/mol. The van der Waals surface area contributed by atoms with Gasteiger partial charge in [0, 0.05) is 5.56 Å². The first-order valence-corrected chi connectivity index (χ1v) is 9.23. The van der Waals surface area contributed by atoms with Gasteiger partial charge >= 0.3 is 0 Å². The Labute approximate surface area is 162 Å². The van der Waals surface area contributed by atoms with Gasteiger partial charge in [0.05, 0.1) is 23.4 Å². The van der Waals surface area contributed by atoms with Gasteiger partial charge in [-0.05, 0) is 73.0 Å². The van der Waals surface area contributed by atoms with Crippen LogP contribution in [0.1, 0.15) is 42.3 Å². The van der Waals surface area contributed by atoms with Crippen molar-refractivity contribution in [3.05, 3.63) is 57.6 Å². The van der Waals surface area contributed by atoms with Crippen molar-refractivity contribution < 1.29 is 14.3 Å². The molecule has 0 bridgehead atoms. The Hall–Kier alpha value is -2.34. The van der Waals surface area contributed by atoms with Crippen LogP contribution in [0.4, 0.5) is 0 Å². The number of halogens is 1. The molecule has 0 saturated carbocycles. The number of aryl methyl sites for hydroxylation is 1. The smallest absolute Gasteiger partial charge is 0.271 e. The summed E-state index contributed by atoms with van der Waals surface area (Å²) in [5.41, 5.74) is 4.83. The molecule has 2 aromatic carbocycles. The maximum atomic E-state index is 12.2. The van der Waals surface area contributed by atoms with E-state index in [1.807, 2.05) is 58.0 Å². The SMILES string of the molecule is CCOc1cc(/C=N/NC(=O)c2ccccc2C)cc(Br)c1OC(C)C. The topological polar surface area (TPSA) is 59.9 Å². The number of hydrogen-bond acceptors (Lipinski definition) is 4. The fraction of sp³-hybridized carbons (Fsp3) is 0.300. The minimum absolute atomic E-state index is 0.0263. The van der Waals surface area contributed by atoms with Gasteiger partial charge < -0.3 is 9.47 Å². The molecular formula is C20H23BrN2O3. The van der Waals surface area contributed by atoms with Gasteiger partial charge in [-0.25, -0.2) is 5.43 Å². The van der Waals surface area contributed by atoms with Crippen LogP contribution in [-0.2, 0) is 0 Å². The highest BCUT2D eigenvalue weighted by atomic mass is 79.9. The van der Waals surface area contributed by atoms with Crippen LogP contribution in [-0.4, -0.2) is 24.8 Å². The third-order valence-corrected chi connectivity index (χ3v) is 4.04. The molecule has 0 unspecified atom stereocenters. The molecule has 26 heavy (non-hydrogen) atoms. The third kappa shape index (κ3) is 5.33. The van der Waals surface area contributed by atoms with E-state index in [-0.39, 0.29) is 12.0 Å². The molecule has 0 radical (unpaired) electrons. The number of carbonyl (C=O) groups excluding carboxylic acids is 1. The molecule has 0 atom stereocenters. The standard InChI is InChI=1S/C20H23BrN2O3/c1-5-25-18-11-15(10-17(21)19(18)26-13(2)3)12-22-23-20(24)16-9-7-6-8-14(16)4/h6-13H,5H2,1-4H3,(H,23,24)/b22-12+. The Kier molecular flexibility index (Phi) is 7.21. The molecule has 0 saturated heterocycles. The first-order chi connectivity index (χ1) is 12.4. The first kappa shape index (κ1) is 20.0. The van der Waals surface area contributed by atoms with E-state index in [0.29, 0.717) is 23.7 Å². The average Bonchev–Trinajstić information content (AvgIpc) is 2.58. The van der Waals surface area contributed by atoms with Crippen LogP contribution in [0.15, 0.2) is 46.0 Å². The van der Waals surface area contributed by atoms with Crippen LogP contribution >= 0.6 is 15.9 Å². The lowest BCUT2D eigenvalue weighted by Gasteiger charge is -2.16. The Morgan fingerprint density at radius 3 is 2.69 bits per heavy atom. The molecule has 0 aliphatic heterocycles. The zero-order chi connectivity index (χ0) is 19.1. The van der Waals surface area contributed by atoms with Crippen LogP contribution in [0, 0.1) is 6.92 Å². The van der Waals surface area contributed by atoms with E-state index in [2.05, 4.69) is 26.5 Å². The van der Waals surface area contributed by atoms with Crippen molar-refractivity contribution in [3.63, 3.8) is 0 Å². The van der Waals surface area contributed by atoms with Crippen molar-refractivity contribution in [1.82, 2.24) is 5.43 Å². The number of hydrazone groups is 1. The Balaban J connectivity index is 2.17. The number of nitrogens with one attached hydrogen (secondary N) is 1. The minimum atomic E-state index is -0.247. The van der Waals surface area contributed by atoms with Crippen molar-refractivity contribution >= 4 is 28.1 Å². The normalized spacial score (nSPS) is 11.0. The second-order valence-electron chi connectivity index (χ2n) is 5.94. The van der Waals surface area contributed by atoms with Crippen molar-refractivity contribution in [2.75, 3.05) is 6.61 Å². The van der Waals surface area contributed by atoms with Crippen molar-refractivity contribution in [2.24, 2.45) is 5.10 Å². The van der Waals surface area contributed by atoms with E-state index in [1.54, 1.807) is 12.3 Å². The van der Waals surface area contributed by atoms with Crippen LogP contribution < -0.4 is 14.9 Å². The Morgan fingerprint density at radius 2 is 2.04 bits per heavy atom. The monoisotopic (exact) mass is 418 g/mol. The molecule has 5 nitrogen and oxygen atoms in total. The Bertz CT molecular complexity index is 804. The molecule has 0 heterocycles. The lowest BCUT2D eigenvalue weighted by molar-refractivity contribution is 0.0954. The van der Waals surface area contributed by atoms with Gasteiger partial charge in [-0.2, -0.15) is 5.10 Å². The van der Waals surface area contributed by atoms with Crippen molar-refractivity contribution in [1.29, 1.82) is 0 Å². The third-order valence-electron chi connectivity index (χ3n) is 3.45. The number of ether oxygens (including phenoxy) is 2. The molecule has 0 fully saturated rings. The van der Waals surface area contributed by atoms with E-state index in [1.165, 1.54) is 0 Å². The molecule has 1 N–H and O–H groups in total. The first-order valence-electron chi connectivity index (χ1n) is 8.44. The summed E-state index contributed by atoms with van der Waals surface area (Å²) in [5.74, 6) is 1.04. The van der Waals surface area contributed by atoms with E-state index in [0.717, 1.165) is 15.6 Å². The van der Waals surface area contributed by atoms with Crippen LogP contribution in [0.2, 0.25) is 0 Å². The maximum Gasteiger partial charge on any atom is 0.271 e. The highest BCUT2D eigenvalue weighted by Gasteiger charge is 2.13. The van der Waals surface area contributed by atoms with E-state index >= 15 is 0 Å². The Morgan fingerprint density at radius 1 is 1.31 bits per heavy atom. The summed E-state index contributed by atoms with van der Waals surface area (Å²) in [6, 6.07) is 11.1. The average molecular weight is 419 g/mol. The van der Waals surface area contributed by atoms with Crippen LogP contribution in [0.5, 0.6) is 11.5 Å². The summed E-state index contributed by atoms with van der Waals surface area (Å²) >= 11 is 3.51. The lowest BCUT2D eigenvalue weighted by atomic mass is 10.1. The summed E-state index contributed by atoms with van der Waals surface area (Å²) in [6.07, 6.45) is 1.60. The second kappa shape index (κ2) is 9.38. The predicted octanol–water partition coefficient (Wildman–Crippen LogP) is 4.71. The minimum Gasteiger partial charge on any atom is -0.490 e. The fourth-order valence-corrected chi connectivity index (χ4v) is 2.88. The number of hydrogen-bond donors (Lipinski definition) is 1. The summed E-state index contributed by atoms with van der Waals surface area (Å²) in [6.45, 7) is 8.23. The number of carbonyl (C=O) groups is 1. The second-order valence-corrected chi connectivity index (χ2v) is 6.80. The van der Waals surface area contributed by atoms with Gasteiger partial charge in [0.15, 0.2) is 11.5 Å². The molecule has 138 valence electrons. The zero-order valence-electron chi connectivity index (χ0n) is 15.4. The van der Waals surface area contributed by atoms with Crippen molar-refractivity contribution in [3.8, 4) is 11.5 Å². The summed E-state index contributed by atoms with van der Waals surface area (Å²) in [7, 11) is 0. The van der Waals surface area contributed by atoms with E-state index < -0.39 is 0 Å². The molecule has 6 heteroatoms. The summed E-state index contributed by atoms with van der Waals surface area (Å²) < 4.78 is 12.2. The fourth-order valence-electron chi connectivity index (χ4n) is 2.33. The summed E-state index contributed by atoms with van der Waals surface area (Å²) in [4.78, 5) is 12.2. The highest BCUT2D eigenvalue weighted by Crippen LogP contribution is 2.37. The molecule has 0 aliphatic rings. The van der Waals surface area contributed by atoms with Gasteiger partial charge in [-0.1, -0.05) is 18.2 Å². The van der Waals surface area contributed by atoms with Crippen LogP contribution in [0.3, 0.4) is 0 Å². The van der Waals surface area contributed by atoms with E-state index in [4.69, 9.17) is 9.47 Å². The quantitative estimate of drug-likeness (QED) is 0.523. The largest absolute Gasteiger partial charge is 0.490 e. The van der Waals surface area contributed by atoms with Gasteiger partial charge in [0.2, 0.25) is 0 Å². The van der Waals surface area contributed by atoms with E-state index in [9.17, 15) is 4.79 Å². The number of benzene rings is 2. The van der Waals surface area contributed by atoms with Gasteiger partial charge in [-0.15, -0.1) is 0 Å². The molecule has 0 aromatic heterocycles. The molecule has 0 aliphatic carbocycles. The van der Waals surface area contributed by atoms with Gasteiger partial charge in [0.25, 0.3) is 5.91 Å². The number of nitrogens with zero attached hydrogens (tertiary/aromatic N) is 1. The summed E-state index contributed by atoms with van der Waals surface area (Å²) in [5, 5.41) is 4.05. The lowest BCUT2D eigenvalue weighted by Crippen LogP contribution is -2.18. The molecule has 0 spiro atoms. The van der Waals surface area contributed by atoms with Gasteiger partial charge in [0.1, 0.15) is 0 Å². The molecule has 1 amide bonds. The number of rotatable bonds is 7. The zero-order valence-corrected chi connectivity index (χ0v) is 17.0. The molecule has 2 rings (SSSR count). The van der Waals surface area contributed by atoms with Crippen LogP contribution in [0.25, 0.3) is 0 Å². The van der Waals surface area contributed by atoms with Crippen molar-refractivity contribution in [2.45, 2.75) is 33.8 Å². The number of amides is 1. The molecular weight excluding hydrogens is 396 g/mol. The highest BCUT2D eigenvalue weighted by molar-refractivity contribution is 9.10. The van der Waals surface area contributed by atoms with Gasteiger partial charge in [-0.3, -0.25) is 4.79 Å². The molecule has 2 aromatic rings. The maximum absolute atomic E-state index is 12.2.